The molecule has 3 aromatic carbocycles. The average molecular weight is 540 g/mol. The first kappa shape index (κ1) is 28.6. The summed E-state index contributed by atoms with van der Waals surface area (Å²) in [6.45, 7) is 7.95. The third-order valence-corrected chi connectivity index (χ3v) is 7.31. The topological polar surface area (TPSA) is 54.2 Å². The molecule has 7 heteroatoms. The number of carbonyl (C=O) groups is 2. The molecule has 4 rings (SSSR count). The predicted molar refractivity (Wildman–Crippen MR) is 158 cm³/mol. The highest BCUT2D eigenvalue weighted by atomic mass is 19.1. The van der Waals surface area contributed by atoms with Crippen molar-refractivity contribution >= 4 is 35.0 Å². The molecule has 0 saturated heterocycles. The van der Waals surface area contributed by atoms with Gasteiger partial charge in [-0.3, -0.25) is 4.79 Å². The number of esters is 1. The van der Waals surface area contributed by atoms with Gasteiger partial charge < -0.3 is 14.5 Å². The van der Waals surface area contributed by atoms with Gasteiger partial charge in [-0.2, -0.15) is 0 Å². The van der Waals surface area contributed by atoms with Gasteiger partial charge in [-0.25, -0.2) is 14.0 Å². The maximum atomic E-state index is 15.3. The zero-order valence-corrected chi connectivity index (χ0v) is 23.2. The summed E-state index contributed by atoms with van der Waals surface area (Å²) in [5.41, 5.74) is 4.71. The molecule has 3 aromatic rings. The Morgan fingerprint density at radius 2 is 1.75 bits per heavy atom. The fraction of sp³-hybridized carbons (Fsp3) is 0.303. The summed E-state index contributed by atoms with van der Waals surface area (Å²) in [5.74, 6) is -1.36. The Bertz CT molecular complexity index is 1430. The van der Waals surface area contributed by atoms with Gasteiger partial charge in [0.25, 0.3) is 0 Å². The molecule has 0 aromatic heterocycles. The molecular weight excluding hydrogens is 505 g/mol. The van der Waals surface area contributed by atoms with Crippen LogP contribution in [0, 0.1) is 18.3 Å². The minimum Gasteiger partial charge on any atom is -0.466 e. The second kappa shape index (κ2) is 13.1. The molecule has 1 fully saturated rings. The molecule has 1 aliphatic rings. The molecule has 1 aliphatic carbocycles. The van der Waals surface area contributed by atoms with Gasteiger partial charge in [-0.15, -0.1) is 0 Å². The van der Waals surface area contributed by atoms with Crippen LogP contribution in [0.2, 0.25) is 0 Å². The van der Waals surface area contributed by atoms with Crippen LogP contribution in [-0.2, 0) is 20.9 Å². The molecule has 1 amide bonds. The number of halogens is 1. The second-order valence-electron chi connectivity index (χ2n) is 10.2. The minimum absolute atomic E-state index is 0.124. The molecule has 206 valence electrons. The van der Waals surface area contributed by atoms with Crippen LogP contribution in [0.1, 0.15) is 43.2 Å². The molecule has 0 heterocycles. The van der Waals surface area contributed by atoms with Crippen molar-refractivity contribution in [2.75, 3.05) is 31.0 Å². The lowest BCUT2D eigenvalue weighted by Crippen LogP contribution is -2.37. The fourth-order valence-corrected chi connectivity index (χ4v) is 5.06. The van der Waals surface area contributed by atoms with E-state index in [2.05, 4.69) is 9.58 Å². The predicted octanol–water partition coefficient (Wildman–Crippen LogP) is 7.41. The molecule has 1 saturated carbocycles. The van der Waals surface area contributed by atoms with E-state index in [-0.39, 0.29) is 24.1 Å². The highest BCUT2D eigenvalue weighted by molar-refractivity contribution is 5.96. The molecule has 0 bridgehead atoms. The van der Waals surface area contributed by atoms with Crippen LogP contribution in [0.5, 0.6) is 0 Å². The van der Waals surface area contributed by atoms with Gasteiger partial charge in [0.05, 0.1) is 19.4 Å². The van der Waals surface area contributed by atoms with Crippen molar-refractivity contribution in [2.24, 2.45) is 5.92 Å². The summed E-state index contributed by atoms with van der Waals surface area (Å²) in [4.78, 5) is 32.7. The standard InChI is InChI=1S/C33H34FN3O3/c1-35-30-20-24(10-17-28(30)25-13-15-27(16-14-25)36(2)3)22-37(33(39)26-8-6-5-7-9-26)31-21-23(11-18-29(31)34)12-19-32(38)40-4/h10-21,26H,5-9,22H2,2-4H3/b19-12+. The lowest BCUT2D eigenvalue weighted by atomic mass is 9.88. The Labute approximate surface area is 235 Å². The lowest BCUT2D eigenvalue weighted by Gasteiger charge is -2.30. The summed E-state index contributed by atoms with van der Waals surface area (Å²) in [6, 6.07) is 18.0. The minimum atomic E-state index is -0.526. The monoisotopic (exact) mass is 539 g/mol. The van der Waals surface area contributed by atoms with Crippen molar-refractivity contribution in [3.63, 3.8) is 0 Å². The fourth-order valence-electron chi connectivity index (χ4n) is 5.06. The summed E-state index contributed by atoms with van der Waals surface area (Å²) in [5, 5.41) is 0. The number of rotatable bonds is 8. The quantitative estimate of drug-likeness (QED) is 0.170. The molecule has 40 heavy (non-hydrogen) atoms. The number of anilines is 2. The van der Waals surface area contributed by atoms with Gasteiger partial charge in [-0.1, -0.05) is 55.7 Å². The van der Waals surface area contributed by atoms with E-state index < -0.39 is 11.8 Å². The first-order valence-electron chi connectivity index (χ1n) is 13.5. The Morgan fingerprint density at radius 3 is 2.40 bits per heavy atom. The van der Waals surface area contributed by atoms with E-state index in [0.717, 1.165) is 54.5 Å². The van der Waals surface area contributed by atoms with Crippen LogP contribution in [0.3, 0.4) is 0 Å². The number of ether oxygens (including phenoxy) is 1. The number of amides is 1. The molecule has 0 aliphatic heterocycles. The van der Waals surface area contributed by atoms with Crippen LogP contribution < -0.4 is 9.80 Å². The van der Waals surface area contributed by atoms with Gasteiger partial charge in [0.2, 0.25) is 5.91 Å². The first-order chi connectivity index (χ1) is 19.3. The molecule has 0 spiro atoms. The number of methoxy groups -OCH3 is 1. The normalized spacial score (nSPS) is 13.6. The van der Waals surface area contributed by atoms with Crippen LogP contribution in [-0.4, -0.2) is 33.1 Å². The summed E-state index contributed by atoms with van der Waals surface area (Å²) < 4.78 is 19.9. The Balaban J connectivity index is 1.70. The van der Waals surface area contributed by atoms with Crippen LogP contribution in [0.15, 0.2) is 66.7 Å². The number of hydrogen-bond donors (Lipinski definition) is 0. The Hall–Kier alpha value is -4.44. The van der Waals surface area contributed by atoms with Crippen LogP contribution >= 0.6 is 0 Å². The largest absolute Gasteiger partial charge is 0.466 e. The maximum absolute atomic E-state index is 15.3. The van der Waals surface area contributed by atoms with E-state index in [1.165, 1.54) is 30.2 Å². The highest BCUT2D eigenvalue weighted by Gasteiger charge is 2.29. The van der Waals surface area contributed by atoms with Gasteiger partial charge >= 0.3 is 5.97 Å². The van der Waals surface area contributed by atoms with Crippen molar-refractivity contribution in [1.82, 2.24) is 0 Å². The zero-order valence-electron chi connectivity index (χ0n) is 23.2. The van der Waals surface area contributed by atoms with Gasteiger partial charge in [0.1, 0.15) is 5.82 Å². The van der Waals surface area contributed by atoms with Crippen molar-refractivity contribution in [1.29, 1.82) is 0 Å². The number of nitrogens with zero attached hydrogens (tertiary/aromatic N) is 3. The SMILES string of the molecule is [C-]#[N+]c1cc(CN(C(=O)C2CCCCC2)c2cc(/C=C/C(=O)OC)ccc2F)ccc1-c1ccc(N(C)C)cc1. The van der Waals surface area contributed by atoms with Crippen molar-refractivity contribution < 1.29 is 18.7 Å². The summed E-state index contributed by atoms with van der Waals surface area (Å²) in [7, 11) is 5.24. The molecular formula is C33H34FN3O3. The van der Waals surface area contributed by atoms with E-state index in [9.17, 15) is 9.59 Å². The zero-order chi connectivity index (χ0) is 28.6. The van der Waals surface area contributed by atoms with Gasteiger partial charge in [0.15, 0.2) is 5.69 Å². The van der Waals surface area contributed by atoms with E-state index >= 15 is 4.39 Å². The van der Waals surface area contributed by atoms with Crippen molar-refractivity contribution in [3.05, 3.63) is 95.1 Å². The van der Waals surface area contributed by atoms with Gasteiger partial charge in [0, 0.05) is 38.3 Å². The van der Waals surface area contributed by atoms with Crippen LogP contribution in [0.25, 0.3) is 22.0 Å². The highest BCUT2D eigenvalue weighted by Crippen LogP contribution is 2.35. The van der Waals surface area contributed by atoms with Gasteiger partial charge in [-0.05, 0) is 65.4 Å². The van der Waals surface area contributed by atoms with Crippen molar-refractivity contribution in [3.8, 4) is 11.1 Å². The lowest BCUT2D eigenvalue weighted by molar-refractivity contribution is -0.134. The second-order valence-corrected chi connectivity index (χ2v) is 10.2. The van der Waals surface area contributed by atoms with Crippen molar-refractivity contribution in [2.45, 2.75) is 38.6 Å². The number of carbonyl (C=O) groups excluding carboxylic acids is 2. The molecule has 6 nitrogen and oxygen atoms in total. The maximum Gasteiger partial charge on any atom is 0.330 e. The third-order valence-electron chi connectivity index (χ3n) is 7.31. The summed E-state index contributed by atoms with van der Waals surface area (Å²) >= 11 is 0. The number of hydrogen-bond acceptors (Lipinski definition) is 4. The van der Waals surface area contributed by atoms with E-state index in [0.29, 0.717) is 11.3 Å². The molecule has 0 N–H and O–H groups in total. The van der Waals surface area contributed by atoms with Crippen LogP contribution in [0.4, 0.5) is 21.5 Å². The van der Waals surface area contributed by atoms with E-state index in [1.54, 1.807) is 18.2 Å². The Kier molecular flexibility index (Phi) is 9.34. The number of benzene rings is 3. The van der Waals surface area contributed by atoms with E-state index in [1.807, 2.05) is 55.4 Å². The molecule has 0 unspecified atom stereocenters. The smallest absolute Gasteiger partial charge is 0.330 e. The Morgan fingerprint density at radius 1 is 1.02 bits per heavy atom. The molecule has 0 atom stereocenters. The molecule has 0 radical (unpaired) electrons. The average Bonchev–Trinajstić information content (AvgIpc) is 2.99. The third kappa shape index (κ3) is 6.76. The first-order valence-corrected chi connectivity index (χ1v) is 13.5. The summed E-state index contributed by atoms with van der Waals surface area (Å²) in [6.07, 6.45) is 7.37. The van der Waals surface area contributed by atoms with E-state index in [4.69, 9.17) is 6.57 Å².